The van der Waals surface area contributed by atoms with Crippen molar-refractivity contribution in [3.63, 3.8) is 0 Å². The predicted octanol–water partition coefficient (Wildman–Crippen LogP) is 2.94. The Morgan fingerprint density at radius 3 is 2.47 bits per heavy atom. The van der Waals surface area contributed by atoms with E-state index in [9.17, 15) is 0 Å². The monoisotopic (exact) mass is 292 g/mol. The number of hydrogen-bond acceptors (Lipinski definition) is 4. The van der Waals surface area contributed by atoms with Crippen molar-refractivity contribution in [2.75, 3.05) is 5.32 Å². The predicted molar refractivity (Wildman–Crippen MR) is 81.4 cm³/mol. The summed E-state index contributed by atoms with van der Waals surface area (Å²) in [7, 11) is 0. The molecular weight excluding hydrogens is 280 g/mol. The van der Waals surface area contributed by atoms with Gasteiger partial charge in [-0.15, -0.1) is 0 Å². The largest absolute Gasteiger partial charge is 0.388 e. The lowest BCUT2D eigenvalue weighted by atomic mass is 10.1. The Balaban J connectivity index is 2.08. The first-order chi connectivity index (χ1) is 9.06. The number of rotatable bonds is 4. The van der Waals surface area contributed by atoms with Crippen molar-refractivity contribution in [2.45, 2.75) is 13.0 Å². The molecule has 0 aliphatic rings. The number of nitrogens with zero attached hydrogens (tertiary/aromatic N) is 2. The van der Waals surface area contributed by atoms with E-state index in [1.54, 1.807) is 12.4 Å². The molecule has 2 aromatic rings. The van der Waals surface area contributed by atoms with Crippen molar-refractivity contribution in [3.8, 4) is 0 Å². The van der Waals surface area contributed by atoms with Gasteiger partial charge in [0.05, 0.1) is 12.4 Å². The maximum absolute atomic E-state index is 5.86. The van der Waals surface area contributed by atoms with Crippen LogP contribution in [0.25, 0.3) is 0 Å². The summed E-state index contributed by atoms with van der Waals surface area (Å²) in [6, 6.07) is 7.75. The number of aromatic nitrogens is 2. The molecule has 1 unspecified atom stereocenters. The van der Waals surface area contributed by atoms with Crippen LogP contribution < -0.4 is 11.1 Å². The van der Waals surface area contributed by atoms with Gasteiger partial charge >= 0.3 is 0 Å². The second kappa shape index (κ2) is 5.95. The molecular formula is C13H13ClN4S. The highest BCUT2D eigenvalue weighted by molar-refractivity contribution is 7.80. The fourth-order valence-corrected chi connectivity index (χ4v) is 1.82. The topological polar surface area (TPSA) is 63.8 Å². The number of halogens is 1. The highest BCUT2D eigenvalue weighted by Crippen LogP contribution is 2.19. The first-order valence-electron chi connectivity index (χ1n) is 5.70. The highest BCUT2D eigenvalue weighted by Gasteiger charge is 2.06. The molecule has 1 atom stereocenters. The zero-order chi connectivity index (χ0) is 13.8. The lowest BCUT2D eigenvalue weighted by Crippen LogP contribution is -2.13. The van der Waals surface area contributed by atoms with Crippen LogP contribution in [0.3, 0.4) is 0 Å². The first-order valence-corrected chi connectivity index (χ1v) is 6.49. The van der Waals surface area contributed by atoms with E-state index < -0.39 is 0 Å². The van der Waals surface area contributed by atoms with Crippen molar-refractivity contribution in [3.05, 3.63) is 52.9 Å². The second-order valence-electron chi connectivity index (χ2n) is 4.07. The Bertz CT molecular complexity index is 568. The molecule has 0 aliphatic carbocycles. The van der Waals surface area contributed by atoms with Gasteiger partial charge in [-0.1, -0.05) is 36.0 Å². The van der Waals surface area contributed by atoms with Gasteiger partial charge in [0.2, 0.25) is 0 Å². The maximum Gasteiger partial charge on any atom is 0.144 e. The Morgan fingerprint density at radius 2 is 1.95 bits per heavy atom. The minimum absolute atomic E-state index is 0.0993. The van der Waals surface area contributed by atoms with E-state index >= 15 is 0 Å². The van der Waals surface area contributed by atoms with Gasteiger partial charge < -0.3 is 11.1 Å². The molecule has 19 heavy (non-hydrogen) atoms. The standard InChI is InChI=1S/C13H13ClN4S/c1-8(9-2-4-10(14)5-3-9)18-12-7-16-11(6-17-12)13(15)19/h2-8H,1H3,(H2,15,19)(H,17,18). The first kappa shape index (κ1) is 13.7. The summed E-state index contributed by atoms with van der Waals surface area (Å²) < 4.78 is 0. The molecule has 1 heterocycles. The van der Waals surface area contributed by atoms with Crippen LogP contribution in [0.5, 0.6) is 0 Å². The number of thiocarbonyl (C=S) groups is 1. The summed E-state index contributed by atoms with van der Waals surface area (Å²) in [5.74, 6) is 0.669. The minimum atomic E-state index is 0.0993. The summed E-state index contributed by atoms with van der Waals surface area (Å²) in [6.07, 6.45) is 3.17. The number of hydrogen-bond donors (Lipinski definition) is 2. The van der Waals surface area contributed by atoms with Crippen molar-refractivity contribution < 1.29 is 0 Å². The number of nitrogens with two attached hydrogens (primary N) is 1. The van der Waals surface area contributed by atoms with Crippen molar-refractivity contribution >= 4 is 34.6 Å². The quantitative estimate of drug-likeness (QED) is 0.848. The Hall–Kier alpha value is -1.72. The molecule has 1 aromatic carbocycles. The molecule has 1 aromatic heterocycles. The van der Waals surface area contributed by atoms with Crippen LogP contribution in [0, 0.1) is 0 Å². The number of benzene rings is 1. The highest BCUT2D eigenvalue weighted by atomic mass is 35.5. The fourth-order valence-electron chi connectivity index (χ4n) is 1.59. The Labute approximate surface area is 122 Å². The van der Waals surface area contributed by atoms with E-state index in [1.165, 1.54) is 0 Å². The molecule has 0 aliphatic heterocycles. The van der Waals surface area contributed by atoms with Crippen molar-refractivity contribution in [1.82, 2.24) is 9.97 Å². The molecule has 2 rings (SSSR count). The van der Waals surface area contributed by atoms with Crippen LogP contribution in [-0.4, -0.2) is 15.0 Å². The number of nitrogens with one attached hydrogen (secondary N) is 1. The molecule has 0 saturated carbocycles. The Kier molecular flexibility index (Phi) is 4.29. The molecule has 3 N–H and O–H groups in total. The fraction of sp³-hybridized carbons (Fsp3) is 0.154. The van der Waals surface area contributed by atoms with E-state index in [4.69, 9.17) is 29.6 Å². The summed E-state index contributed by atoms with van der Waals surface area (Å²) >= 11 is 10.7. The van der Waals surface area contributed by atoms with Gasteiger partial charge in [0.15, 0.2) is 0 Å². The van der Waals surface area contributed by atoms with Crippen molar-refractivity contribution in [2.24, 2.45) is 5.73 Å². The van der Waals surface area contributed by atoms with Crippen LogP contribution in [-0.2, 0) is 0 Å². The summed E-state index contributed by atoms with van der Waals surface area (Å²) in [5.41, 5.74) is 7.10. The van der Waals surface area contributed by atoms with Crippen LogP contribution in [0.2, 0.25) is 5.02 Å². The van der Waals surface area contributed by atoms with Gasteiger partial charge in [-0.2, -0.15) is 0 Å². The summed E-state index contributed by atoms with van der Waals surface area (Å²) in [6.45, 7) is 2.03. The summed E-state index contributed by atoms with van der Waals surface area (Å²) in [4.78, 5) is 8.58. The van der Waals surface area contributed by atoms with Gasteiger partial charge in [0, 0.05) is 11.1 Å². The lowest BCUT2D eigenvalue weighted by molar-refractivity contribution is 0.871. The van der Waals surface area contributed by atoms with Gasteiger partial charge in [-0.3, -0.25) is 0 Å². The van der Waals surface area contributed by atoms with Gasteiger partial charge in [-0.25, -0.2) is 9.97 Å². The zero-order valence-electron chi connectivity index (χ0n) is 10.3. The molecule has 98 valence electrons. The van der Waals surface area contributed by atoms with Crippen LogP contribution in [0.15, 0.2) is 36.7 Å². The van der Waals surface area contributed by atoms with E-state index in [0.717, 1.165) is 10.6 Å². The molecule has 0 fully saturated rings. The van der Waals surface area contributed by atoms with E-state index in [2.05, 4.69) is 15.3 Å². The third kappa shape index (κ3) is 3.62. The molecule has 0 bridgehead atoms. The third-order valence-corrected chi connectivity index (χ3v) is 3.10. The average Bonchev–Trinajstić information content (AvgIpc) is 2.40. The summed E-state index contributed by atoms with van der Waals surface area (Å²) in [5, 5.41) is 3.96. The lowest BCUT2D eigenvalue weighted by Gasteiger charge is -2.14. The molecule has 0 spiro atoms. The smallest absolute Gasteiger partial charge is 0.144 e. The van der Waals surface area contributed by atoms with E-state index in [-0.39, 0.29) is 11.0 Å². The molecule has 0 radical (unpaired) electrons. The van der Waals surface area contributed by atoms with Gasteiger partial charge in [0.25, 0.3) is 0 Å². The van der Waals surface area contributed by atoms with Crippen LogP contribution in [0.1, 0.15) is 24.2 Å². The van der Waals surface area contributed by atoms with Gasteiger partial charge in [-0.05, 0) is 24.6 Å². The minimum Gasteiger partial charge on any atom is -0.388 e. The van der Waals surface area contributed by atoms with E-state index in [1.807, 2.05) is 31.2 Å². The normalized spacial score (nSPS) is 11.9. The SMILES string of the molecule is CC(Nc1cnc(C(N)=S)cn1)c1ccc(Cl)cc1. The average molecular weight is 293 g/mol. The van der Waals surface area contributed by atoms with Crippen LogP contribution in [0.4, 0.5) is 5.82 Å². The van der Waals surface area contributed by atoms with Crippen molar-refractivity contribution in [1.29, 1.82) is 0 Å². The maximum atomic E-state index is 5.86. The van der Waals surface area contributed by atoms with E-state index in [0.29, 0.717) is 11.5 Å². The molecule has 4 nitrogen and oxygen atoms in total. The van der Waals surface area contributed by atoms with Gasteiger partial charge in [0.1, 0.15) is 16.5 Å². The number of anilines is 1. The second-order valence-corrected chi connectivity index (χ2v) is 4.94. The van der Waals surface area contributed by atoms with Crippen LogP contribution >= 0.6 is 23.8 Å². The molecule has 0 amide bonds. The Morgan fingerprint density at radius 1 is 1.26 bits per heavy atom. The molecule has 0 saturated heterocycles. The zero-order valence-corrected chi connectivity index (χ0v) is 11.9. The molecule has 6 heteroatoms. The third-order valence-electron chi connectivity index (χ3n) is 2.64.